The van der Waals surface area contributed by atoms with Gasteiger partial charge < -0.3 is 26.6 Å². The first kappa shape index (κ1) is 28.5. The van der Waals surface area contributed by atoms with Crippen LogP contribution in [0.4, 0.5) is 22.7 Å². The standard InChI is InChI=1S/C26H20ClF4N5O4S/c1-24(22(32)38)10-40-20-14(24)8-17(35-18(20)11-2-4-13(28)5-3-11)25(39,26(29,30)31)9-34-21(37)12-6-15(27)19-16(7-12)41-23(33)36-19/h2-8,39H,9-10H2,1H3,(H2,32,38)(H2,33,36)(H,34,37)/t24-,25?/m0/s1. The van der Waals surface area contributed by atoms with Gasteiger partial charge in [0.05, 0.1) is 22.0 Å². The molecule has 0 fully saturated rings. The number of aliphatic hydroxyl groups is 1. The summed E-state index contributed by atoms with van der Waals surface area (Å²) in [6, 6.07) is 8.08. The fourth-order valence-electron chi connectivity index (χ4n) is 4.39. The first-order valence-corrected chi connectivity index (χ1v) is 13.0. The van der Waals surface area contributed by atoms with Gasteiger partial charge in [0.25, 0.3) is 5.91 Å². The summed E-state index contributed by atoms with van der Waals surface area (Å²) in [4.78, 5) is 33.3. The first-order valence-electron chi connectivity index (χ1n) is 11.8. The number of hydrogen-bond acceptors (Lipinski definition) is 8. The highest BCUT2D eigenvalue weighted by molar-refractivity contribution is 7.22. The molecule has 1 aliphatic heterocycles. The van der Waals surface area contributed by atoms with Crippen LogP contribution in [0, 0.1) is 5.82 Å². The van der Waals surface area contributed by atoms with Crippen LogP contribution in [0.1, 0.15) is 28.5 Å². The molecule has 0 bridgehead atoms. The van der Waals surface area contributed by atoms with E-state index in [2.05, 4.69) is 15.3 Å². The number of nitrogens with one attached hydrogen (secondary N) is 1. The predicted molar refractivity (Wildman–Crippen MR) is 143 cm³/mol. The molecular formula is C26H20ClF4N5O4S. The minimum Gasteiger partial charge on any atom is -0.489 e. The normalized spacial score (nSPS) is 18.0. The van der Waals surface area contributed by atoms with Crippen molar-refractivity contribution < 1.29 is 37.0 Å². The molecule has 2 aromatic carbocycles. The zero-order chi connectivity index (χ0) is 29.9. The number of primary amides is 1. The number of rotatable bonds is 6. The van der Waals surface area contributed by atoms with Gasteiger partial charge >= 0.3 is 6.18 Å². The summed E-state index contributed by atoms with van der Waals surface area (Å²) in [5.74, 6) is -2.52. The van der Waals surface area contributed by atoms with Gasteiger partial charge in [-0.2, -0.15) is 13.2 Å². The number of nitrogens with two attached hydrogens (primary N) is 2. The lowest BCUT2D eigenvalue weighted by Gasteiger charge is -2.31. The second-order valence-corrected chi connectivity index (χ2v) is 11.1. The van der Waals surface area contributed by atoms with Gasteiger partial charge in [-0.3, -0.25) is 9.59 Å². The topological polar surface area (TPSA) is 153 Å². The summed E-state index contributed by atoms with van der Waals surface area (Å²) in [6.45, 7) is -0.290. The lowest BCUT2D eigenvalue weighted by atomic mass is 9.81. The highest BCUT2D eigenvalue weighted by atomic mass is 35.5. The smallest absolute Gasteiger partial charge is 0.424 e. The Morgan fingerprint density at radius 1 is 1.20 bits per heavy atom. The molecule has 41 heavy (non-hydrogen) atoms. The fourth-order valence-corrected chi connectivity index (χ4v) is 5.50. The molecule has 0 saturated carbocycles. The van der Waals surface area contributed by atoms with Crippen molar-refractivity contribution in [1.82, 2.24) is 15.3 Å². The lowest BCUT2D eigenvalue weighted by molar-refractivity contribution is -0.265. The molecule has 1 aliphatic rings. The molecule has 15 heteroatoms. The summed E-state index contributed by atoms with van der Waals surface area (Å²) in [7, 11) is 0. The lowest BCUT2D eigenvalue weighted by Crippen LogP contribution is -2.51. The molecule has 1 unspecified atom stereocenters. The number of pyridine rings is 1. The molecule has 214 valence electrons. The van der Waals surface area contributed by atoms with E-state index in [-0.39, 0.29) is 44.9 Å². The number of ether oxygens (including phenoxy) is 1. The highest BCUT2D eigenvalue weighted by Crippen LogP contribution is 2.47. The van der Waals surface area contributed by atoms with Crippen LogP contribution in [-0.4, -0.2) is 46.2 Å². The summed E-state index contributed by atoms with van der Waals surface area (Å²) in [5.41, 5.74) is 5.14. The van der Waals surface area contributed by atoms with E-state index in [1.54, 1.807) is 0 Å². The Labute approximate surface area is 238 Å². The van der Waals surface area contributed by atoms with Crippen LogP contribution in [0.5, 0.6) is 5.75 Å². The van der Waals surface area contributed by atoms with Crippen LogP contribution in [0.15, 0.2) is 42.5 Å². The van der Waals surface area contributed by atoms with E-state index >= 15 is 0 Å². The molecule has 2 aromatic heterocycles. The number of alkyl halides is 3. The van der Waals surface area contributed by atoms with Crippen molar-refractivity contribution >= 4 is 50.1 Å². The Balaban J connectivity index is 1.59. The Morgan fingerprint density at radius 2 is 1.88 bits per heavy atom. The zero-order valence-corrected chi connectivity index (χ0v) is 22.5. The molecule has 9 nitrogen and oxygen atoms in total. The third-order valence-electron chi connectivity index (χ3n) is 6.86. The third-order valence-corrected chi connectivity index (χ3v) is 7.98. The summed E-state index contributed by atoms with van der Waals surface area (Å²) in [6.07, 6.45) is -5.36. The van der Waals surface area contributed by atoms with E-state index in [9.17, 15) is 32.3 Å². The van der Waals surface area contributed by atoms with Gasteiger partial charge in [0.2, 0.25) is 11.5 Å². The quantitative estimate of drug-likeness (QED) is 0.241. The molecular weight excluding hydrogens is 590 g/mol. The molecule has 0 radical (unpaired) electrons. The third kappa shape index (κ3) is 4.81. The number of amides is 2. The number of thiazole rings is 1. The maximum Gasteiger partial charge on any atom is 0.424 e. The summed E-state index contributed by atoms with van der Waals surface area (Å²) in [5, 5.41) is 13.5. The van der Waals surface area contributed by atoms with Crippen LogP contribution in [0.2, 0.25) is 5.02 Å². The van der Waals surface area contributed by atoms with E-state index in [4.69, 9.17) is 27.8 Å². The number of nitrogens with zero attached hydrogens (tertiary/aromatic N) is 2. The summed E-state index contributed by atoms with van der Waals surface area (Å²) >= 11 is 7.19. The number of anilines is 1. The van der Waals surface area contributed by atoms with Crippen LogP contribution < -0.4 is 21.5 Å². The van der Waals surface area contributed by atoms with Gasteiger partial charge in [-0.05, 0) is 49.4 Å². The van der Waals surface area contributed by atoms with Crippen molar-refractivity contribution in [1.29, 1.82) is 0 Å². The van der Waals surface area contributed by atoms with E-state index in [1.807, 2.05) is 0 Å². The van der Waals surface area contributed by atoms with Gasteiger partial charge in [-0.25, -0.2) is 14.4 Å². The van der Waals surface area contributed by atoms with Crippen molar-refractivity contribution in [2.45, 2.75) is 24.1 Å². The van der Waals surface area contributed by atoms with Gasteiger partial charge in [-0.15, -0.1) is 0 Å². The molecule has 4 aromatic rings. The Morgan fingerprint density at radius 3 is 2.51 bits per heavy atom. The number of aromatic nitrogens is 2. The van der Waals surface area contributed by atoms with E-state index in [0.717, 1.165) is 29.5 Å². The SMILES string of the molecule is C[C@]1(C(N)=O)COc2c1cc(C(O)(CNC(=O)c1cc(Cl)c3nc(N)sc3c1)C(F)(F)F)nc2-c1ccc(F)cc1. The van der Waals surface area contributed by atoms with Crippen molar-refractivity contribution in [3.63, 3.8) is 0 Å². The second-order valence-electron chi connectivity index (χ2n) is 9.62. The van der Waals surface area contributed by atoms with E-state index in [1.165, 1.54) is 31.2 Å². The van der Waals surface area contributed by atoms with Crippen molar-refractivity contribution in [2.75, 3.05) is 18.9 Å². The van der Waals surface area contributed by atoms with Crippen LogP contribution in [-0.2, 0) is 15.8 Å². The maximum absolute atomic E-state index is 14.6. The number of hydrogen-bond donors (Lipinski definition) is 4. The molecule has 6 N–H and O–H groups in total. The minimum absolute atomic E-state index is 0.0398. The number of fused-ring (bicyclic) bond motifs is 2. The van der Waals surface area contributed by atoms with E-state index in [0.29, 0.717) is 10.2 Å². The Hall–Kier alpha value is -4.01. The average molecular weight is 610 g/mol. The molecule has 3 heterocycles. The predicted octanol–water partition coefficient (Wildman–Crippen LogP) is 4.05. The number of nitrogen functional groups attached to an aromatic ring is 1. The van der Waals surface area contributed by atoms with Crippen molar-refractivity contribution in [3.8, 4) is 17.0 Å². The fraction of sp³-hybridized carbons (Fsp3) is 0.231. The molecule has 2 atom stereocenters. The number of carbonyl (C=O) groups is 2. The van der Waals surface area contributed by atoms with E-state index < -0.39 is 47.1 Å². The summed E-state index contributed by atoms with van der Waals surface area (Å²) < 4.78 is 63.3. The van der Waals surface area contributed by atoms with Crippen LogP contribution in [0.3, 0.4) is 0 Å². The average Bonchev–Trinajstić information content (AvgIpc) is 3.46. The first-order chi connectivity index (χ1) is 19.1. The molecule has 0 saturated heterocycles. The number of halogens is 5. The molecule has 5 rings (SSSR count). The van der Waals surface area contributed by atoms with Gasteiger partial charge in [0, 0.05) is 16.7 Å². The van der Waals surface area contributed by atoms with Crippen molar-refractivity contribution in [2.24, 2.45) is 5.73 Å². The molecule has 0 aliphatic carbocycles. The number of carbonyl (C=O) groups excluding carboxylic acids is 2. The monoisotopic (exact) mass is 609 g/mol. The Kier molecular flexibility index (Phi) is 6.83. The Bertz CT molecular complexity index is 1720. The zero-order valence-electron chi connectivity index (χ0n) is 21.0. The maximum atomic E-state index is 14.6. The largest absolute Gasteiger partial charge is 0.489 e. The van der Waals surface area contributed by atoms with Crippen LogP contribution >= 0.6 is 22.9 Å². The molecule has 0 spiro atoms. The number of benzene rings is 2. The van der Waals surface area contributed by atoms with Crippen molar-refractivity contribution in [3.05, 3.63) is 70.1 Å². The minimum atomic E-state index is -5.36. The van der Waals surface area contributed by atoms with Gasteiger partial charge in [0.15, 0.2) is 5.13 Å². The van der Waals surface area contributed by atoms with Crippen LogP contribution in [0.25, 0.3) is 21.5 Å². The van der Waals surface area contributed by atoms with Gasteiger partial charge in [-0.1, -0.05) is 22.9 Å². The second kappa shape index (κ2) is 9.82. The molecule has 2 amide bonds. The van der Waals surface area contributed by atoms with Gasteiger partial charge in [0.1, 0.15) is 34.8 Å². The highest BCUT2D eigenvalue weighted by Gasteiger charge is 2.57.